The fraction of sp³-hybridized carbons (Fsp3) is 0.364. The van der Waals surface area contributed by atoms with Crippen molar-refractivity contribution >= 4 is 15.7 Å². The number of benzene rings is 1. The van der Waals surface area contributed by atoms with Gasteiger partial charge in [0.2, 0.25) is 10.0 Å². The van der Waals surface area contributed by atoms with Gasteiger partial charge >= 0.3 is 0 Å². The van der Waals surface area contributed by atoms with E-state index in [0.29, 0.717) is 0 Å². The number of nitrogens with one attached hydrogen (secondary N) is 1. The van der Waals surface area contributed by atoms with Gasteiger partial charge in [0.05, 0.1) is 15.9 Å². The third-order valence-electron chi connectivity index (χ3n) is 2.85. The minimum Gasteiger partial charge on any atom is -0.258 e. The standard InChI is InChI=1S/C11H11N3O4S/c12-7-11(8-4-5-8)13-19(17,18)10-3-1-2-9(6-10)14(15)16/h1-3,6,8,11,13H,4-5H2. The molecule has 1 aromatic rings. The van der Waals surface area contributed by atoms with E-state index >= 15 is 0 Å². The van der Waals surface area contributed by atoms with Crippen LogP contribution in [0.4, 0.5) is 5.69 Å². The van der Waals surface area contributed by atoms with E-state index in [0.717, 1.165) is 18.9 Å². The molecule has 100 valence electrons. The monoisotopic (exact) mass is 281 g/mol. The van der Waals surface area contributed by atoms with Gasteiger partial charge < -0.3 is 0 Å². The van der Waals surface area contributed by atoms with E-state index < -0.39 is 21.0 Å². The summed E-state index contributed by atoms with van der Waals surface area (Å²) >= 11 is 0. The summed E-state index contributed by atoms with van der Waals surface area (Å²) in [5, 5.41) is 19.5. The maximum absolute atomic E-state index is 12.0. The maximum Gasteiger partial charge on any atom is 0.270 e. The van der Waals surface area contributed by atoms with Crippen molar-refractivity contribution in [1.29, 1.82) is 5.26 Å². The molecule has 1 fully saturated rings. The predicted molar refractivity (Wildman–Crippen MR) is 65.5 cm³/mol. The lowest BCUT2D eigenvalue weighted by Crippen LogP contribution is -2.35. The molecule has 0 bridgehead atoms. The molecule has 1 unspecified atom stereocenters. The number of nitro benzene ring substituents is 1. The van der Waals surface area contributed by atoms with Gasteiger partial charge in [-0.15, -0.1) is 0 Å². The van der Waals surface area contributed by atoms with E-state index in [1.54, 1.807) is 0 Å². The highest BCUT2D eigenvalue weighted by molar-refractivity contribution is 7.89. The van der Waals surface area contributed by atoms with Crippen LogP contribution in [0.1, 0.15) is 12.8 Å². The van der Waals surface area contributed by atoms with Gasteiger partial charge in [-0.1, -0.05) is 6.07 Å². The van der Waals surface area contributed by atoms with Crippen LogP contribution in [-0.4, -0.2) is 19.4 Å². The average Bonchev–Trinajstić information content (AvgIpc) is 3.20. The third kappa shape index (κ3) is 3.07. The maximum atomic E-state index is 12.0. The van der Waals surface area contributed by atoms with Crippen molar-refractivity contribution in [3.05, 3.63) is 34.4 Å². The molecule has 2 rings (SSSR count). The molecule has 1 saturated carbocycles. The lowest BCUT2D eigenvalue weighted by Gasteiger charge is -2.10. The van der Waals surface area contributed by atoms with E-state index in [1.807, 2.05) is 6.07 Å². The fourth-order valence-electron chi connectivity index (χ4n) is 1.66. The van der Waals surface area contributed by atoms with Crippen LogP contribution in [-0.2, 0) is 10.0 Å². The average molecular weight is 281 g/mol. The van der Waals surface area contributed by atoms with Crippen molar-refractivity contribution in [2.45, 2.75) is 23.8 Å². The summed E-state index contributed by atoms with van der Waals surface area (Å²) in [5.41, 5.74) is -0.303. The molecule has 0 heterocycles. The van der Waals surface area contributed by atoms with Gasteiger partial charge in [-0.3, -0.25) is 10.1 Å². The summed E-state index contributed by atoms with van der Waals surface area (Å²) in [5.74, 6) is 0.0403. The Balaban J connectivity index is 2.26. The van der Waals surface area contributed by atoms with Gasteiger partial charge in [0.1, 0.15) is 6.04 Å². The molecule has 0 saturated heterocycles. The summed E-state index contributed by atoms with van der Waals surface area (Å²) in [6, 6.07) is 5.87. The Bertz CT molecular complexity index is 646. The number of hydrogen-bond acceptors (Lipinski definition) is 5. The zero-order valence-electron chi connectivity index (χ0n) is 9.81. The Morgan fingerprint density at radius 3 is 2.68 bits per heavy atom. The first kappa shape index (κ1) is 13.5. The minimum absolute atomic E-state index is 0.0403. The zero-order valence-corrected chi connectivity index (χ0v) is 10.6. The van der Waals surface area contributed by atoms with Gasteiger partial charge in [0.15, 0.2) is 0 Å². The summed E-state index contributed by atoms with van der Waals surface area (Å²) in [4.78, 5) is 9.74. The Labute approximate surface area is 110 Å². The first-order chi connectivity index (χ1) is 8.94. The number of nitriles is 1. The first-order valence-electron chi connectivity index (χ1n) is 5.60. The summed E-state index contributed by atoms with van der Waals surface area (Å²) < 4.78 is 26.3. The van der Waals surface area contributed by atoms with Gasteiger partial charge in [-0.25, -0.2) is 8.42 Å². The number of hydrogen-bond donors (Lipinski definition) is 1. The molecule has 1 aromatic carbocycles. The highest BCUT2D eigenvalue weighted by Gasteiger charge is 2.34. The Morgan fingerprint density at radius 1 is 1.47 bits per heavy atom. The van der Waals surface area contributed by atoms with E-state index in [2.05, 4.69) is 4.72 Å². The lowest BCUT2D eigenvalue weighted by molar-refractivity contribution is -0.385. The van der Waals surface area contributed by atoms with Crippen molar-refractivity contribution < 1.29 is 13.3 Å². The van der Waals surface area contributed by atoms with Crippen molar-refractivity contribution in [2.75, 3.05) is 0 Å². The largest absolute Gasteiger partial charge is 0.270 e. The Morgan fingerprint density at radius 2 is 2.16 bits per heavy atom. The molecule has 0 aromatic heterocycles. The van der Waals surface area contributed by atoms with Crippen LogP contribution in [0, 0.1) is 27.4 Å². The molecule has 1 atom stereocenters. The molecule has 19 heavy (non-hydrogen) atoms. The topological polar surface area (TPSA) is 113 Å². The van der Waals surface area contributed by atoms with Gasteiger partial charge in [0, 0.05) is 12.1 Å². The van der Waals surface area contributed by atoms with Crippen LogP contribution in [0.2, 0.25) is 0 Å². The number of rotatable bonds is 5. The number of nitro groups is 1. The minimum atomic E-state index is -3.91. The Kier molecular flexibility index (Phi) is 3.50. The van der Waals surface area contributed by atoms with Crippen molar-refractivity contribution in [2.24, 2.45) is 5.92 Å². The number of nitrogens with zero attached hydrogens (tertiary/aromatic N) is 2. The first-order valence-corrected chi connectivity index (χ1v) is 7.09. The summed E-state index contributed by atoms with van der Waals surface area (Å²) in [6.45, 7) is 0. The van der Waals surface area contributed by atoms with Crippen LogP contribution < -0.4 is 4.72 Å². The smallest absolute Gasteiger partial charge is 0.258 e. The van der Waals surface area contributed by atoms with Gasteiger partial charge in [-0.05, 0) is 24.8 Å². The van der Waals surface area contributed by atoms with Crippen molar-refractivity contribution in [3.63, 3.8) is 0 Å². The molecule has 1 N–H and O–H groups in total. The second-order valence-corrected chi connectivity index (χ2v) is 6.03. The second-order valence-electron chi connectivity index (χ2n) is 4.32. The summed E-state index contributed by atoms with van der Waals surface area (Å²) in [7, 11) is -3.91. The van der Waals surface area contributed by atoms with Gasteiger partial charge in [-0.2, -0.15) is 9.98 Å². The molecule has 0 aliphatic heterocycles. The van der Waals surface area contributed by atoms with Crippen molar-refractivity contribution in [3.8, 4) is 6.07 Å². The second kappa shape index (κ2) is 4.95. The van der Waals surface area contributed by atoms with E-state index in [9.17, 15) is 18.5 Å². The third-order valence-corrected chi connectivity index (χ3v) is 4.29. The van der Waals surface area contributed by atoms with Crippen LogP contribution in [0.15, 0.2) is 29.2 Å². The quantitative estimate of drug-likeness (QED) is 0.643. The van der Waals surface area contributed by atoms with Crippen LogP contribution in [0.5, 0.6) is 0 Å². The highest BCUT2D eigenvalue weighted by Crippen LogP contribution is 2.33. The molecular formula is C11H11N3O4S. The number of sulfonamides is 1. The molecule has 0 radical (unpaired) electrons. The van der Waals surface area contributed by atoms with Crippen molar-refractivity contribution in [1.82, 2.24) is 4.72 Å². The summed E-state index contributed by atoms with van der Waals surface area (Å²) in [6.07, 6.45) is 1.63. The molecular weight excluding hydrogens is 270 g/mol. The van der Waals surface area contributed by atoms with E-state index in [4.69, 9.17) is 5.26 Å². The molecule has 1 aliphatic carbocycles. The molecule has 7 nitrogen and oxygen atoms in total. The van der Waals surface area contributed by atoms with Crippen LogP contribution >= 0.6 is 0 Å². The lowest BCUT2D eigenvalue weighted by atomic mass is 10.2. The van der Waals surface area contributed by atoms with Crippen LogP contribution in [0.3, 0.4) is 0 Å². The zero-order chi connectivity index (χ0) is 14.0. The molecule has 0 amide bonds. The van der Waals surface area contributed by atoms with Gasteiger partial charge in [0.25, 0.3) is 5.69 Å². The SMILES string of the molecule is N#CC(NS(=O)(=O)c1cccc([N+](=O)[O-])c1)C1CC1. The molecule has 0 spiro atoms. The normalized spacial score (nSPS) is 16.6. The molecule has 1 aliphatic rings. The Hall–Kier alpha value is -1.98. The fourth-order valence-corrected chi connectivity index (χ4v) is 2.91. The van der Waals surface area contributed by atoms with E-state index in [-0.39, 0.29) is 16.5 Å². The molecule has 8 heteroatoms. The van der Waals surface area contributed by atoms with Crippen LogP contribution in [0.25, 0.3) is 0 Å². The number of non-ortho nitro benzene ring substituents is 1. The predicted octanol–water partition coefficient (Wildman–Crippen LogP) is 1.18. The highest BCUT2D eigenvalue weighted by atomic mass is 32.2. The van der Waals surface area contributed by atoms with E-state index in [1.165, 1.54) is 18.2 Å².